The number of rotatable bonds is 6. The highest BCUT2D eigenvalue weighted by Crippen LogP contribution is 2.25. The van der Waals surface area contributed by atoms with E-state index in [4.69, 9.17) is 0 Å². The van der Waals surface area contributed by atoms with Gasteiger partial charge in [-0.15, -0.1) is 0 Å². The van der Waals surface area contributed by atoms with Crippen LogP contribution in [0, 0.1) is 0 Å². The van der Waals surface area contributed by atoms with Gasteiger partial charge in [0, 0.05) is 17.6 Å². The maximum atomic E-state index is 13.1. The standard InChI is InChI=1S/C21H24BrN3O2/c1-24(15-19(26)23-18-12-6-5-11-17(18)22)20(16-9-3-2-4-10-16)21(27)25-13-7-8-14-25/h2-6,9-12,20H,7-8,13-15H2,1H3,(H,23,26)/t20-/m1/s1. The minimum Gasteiger partial charge on any atom is -0.341 e. The van der Waals surface area contributed by atoms with Crippen molar-refractivity contribution in [2.45, 2.75) is 18.9 Å². The van der Waals surface area contributed by atoms with Crippen LogP contribution in [0.25, 0.3) is 0 Å². The number of benzene rings is 2. The summed E-state index contributed by atoms with van der Waals surface area (Å²) in [4.78, 5) is 29.4. The van der Waals surface area contributed by atoms with Gasteiger partial charge < -0.3 is 10.2 Å². The minimum atomic E-state index is -0.464. The van der Waals surface area contributed by atoms with Crippen LogP contribution in [-0.2, 0) is 9.59 Å². The van der Waals surface area contributed by atoms with E-state index in [-0.39, 0.29) is 18.4 Å². The van der Waals surface area contributed by atoms with Gasteiger partial charge in [-0.1, -0.05) is 42.5 Å². The lowest BCUT2D eigenvalue weighted by atomic mass is 10.0. The third-order valence-electron chi connectivity index (χ3n) is 4.75. The van der Waals surface area contributed by atoms with Crippen LogP contribution >= 0.6 is 15.9 Å². The van der Waals surface area contributed by atoms with Gasteiger partial charge in [-0.3, -0.25) is 14.5 Å². The fraction of sp³-hybridized carbons (Fsp3) is 0.333. The third kappa shape index (κ3) is 4.96. The number of nitrogens with one attached hydrogen (secondary N) is 1. The number of carbonyl (C=O) groups excluding carboxylic acids is 2. The van der Waals surface area contributed by atoms with Gasteiger partial charge in [0.25, 0.3) is 0 Å². The van der Waals surface area contributed by atoms with E-state index < -0.39 is 6.04 Å². The smallest absolute Gasteiger partial charge is 0.244 e. The van der Waals surface area contributed by atoms with Crippen LogP contribution in [0.4, 0.5) is 5.69 Å². The molecule has 6 heteroatoms. The first-order valence-corrected chi connectivity index (χ1v) is 9.94. The average Bonchev–Trinajstić information content (AvgIpc) is 3.19. The number of hydrogen-bond donors (Lipinski definition) is 1. The van der Waals surface area contributed by atoms with Crippen molar-refractivity contribution in [1.29, 1.82) is 0 Å². The first-order valence-electron chi connectivity index (χ1n) is 9.14. The van der Waals surface area contributed by atoms with E-state index in [9.17, 15) is 9.59 Å². The number of anilines is 1. The number of likely N-dealkylation sites (N-methyl/N-ethyl adjacent to an activating group) is 1. The van der Waals surface area contributed by atoms with E-state index in [1.54, 1.807) is 0 Å². The van der Waals surface area contributed by atoms with Crippen molar-refractivity contribution in [1.82, 2.24) is 9.80 Å². The summed E-state index contributed by atoms with van der Waals surface area (Å²) in [5.74, 6) is -0.0885. The molecule has 0 radical (unpaired) electrons. The highest BCUT2D eigenvalue weighted by atomic mass is 79.9. The van der Waals surface area contributed by atoms with Gasteiger partial charge in [0.2, 0.25) is 11.8 Å². The summed E-state index contributed by atoms with van der Waals surface area (Å²) in [7, 11) is 1.82. The molecule has 1 saturated heterocycles. The minimum absolute atomic E-state index is 0.0647. The Hall–Kier alpha value is -2.18. The van der Waals surface area contributed by atoms with Gasteiger partial charge in [0.15, 0.2) is 0 Å². The van der Waals surface area contributed by atoms with Crippen LogP contribution in [0.15, 0.2) is 59.1 Å². The topological polar surface area (TPSA) is 52.7 Å². The number of hydrogen-bond acceptors (Lipinski definition) is 3. The summed E-state index contributed by atoms with van der Waals surface area (Å²) in [5.41, 5.74) is 1.63. The first kappa shape index (κ1) is 19.6. The Kier molecular flexibility index (Phi) is 6.63. The molecule has 5 nitrogen and oxygen atoms in total. The van der Waals surface area contributed by atoms with Crippen LogP contribution < -0.4 is 5.32 Å². The highest BCUT2D eigenvalue weighted by molar-refractivity contribution is 9.10. The Labute approximate surface area is 168 Å². The lowest BCUT2D eigenvalue weighted by Crippen LogP contribution is -2.43. The molecule has 1 atom stereocenters. The van der Waals surface area contributed by atoms with Gasteiger partial charge >= 0.3 is 0 Å². The van der Waals surface area contributed by atoms with Crippen molar-refractivity contribution in [3.8, 4) is 0 Å². The SMILES string of the molecule is CN(CC(=O)Nc1ccccc1Br)[C@@H](C(=O)N1CCCC1)c1ccccc1. The third-order valence-corrected chi connectivity index (χ3v) is 5.44. The molecule has 3 rings (SSSR count). The molecule has 2 amide bonds. The quantitative estimate of drug-likeness (QED) is 0.761. The van der Waals surface area contributed by atoms with Crippen molar-refractivity contribution in [3.05, 3.63) is 64.6 Å². The maximum absolute atomic E-state index is 13.1. The molecule has 0 aromatic heterocycles. The monoisotopic (exact) mass is 429 g/mol. The maximum Gasteiger partial charge on any atom is 0.244 e. The van der Waals surface area contributed by atoms with Crippen LogP contribution in [0.3, 0.4) is 0 Å². The van der Waals surface area contributed by atoms with E-state index in [2.05, 4.69) is 21.2 Å². The first-order chi connectivity index (χ1) is 13.1. The predicted octanol–water partition coefficient (Wildman–Crippen LogP) is 3.68. The number of amides is 2. The largest absolute Gasteiger partial charge is 0.341 e. The zero-order valence-corrected chi connectivity index (χ0v) is 17.0. The van der Waals surface area contributed by atoms with Crippen LogP contribution in [0.2, 0.25) is 0 Å². The molecule has 1 aliphatic rings. The van der Waals surface area contributed by atoms with E-state index in [0.717, 1.165) is 41.7 Å². The Morgan fingerprint density at radius 1 is 1.07 bits per heavy atom. The van der Waals surface area contributed by atoms with Gasteiger partial charge in [-0.05, 0) is 53.5 Å². The molecule has 0 bridgehead atoms. The van der Waals surface area contributed by atoms with Crippen molar-refractivity contribution in [2.75, 3.05) is 32.0 Å². The molecule has 2 aromatic carbocycles. The number of likely N-dealkylation sites (tertiary alicyclic amines) is 1. The molecular formula is C21H24BrN3O2. The Balaban J connectivity index is 1.74. The molecule has 1 N–H and O–H groups in total. The van der Waals surface area contributed by atoms with E-state index in [1.165, 1.54) is 0 Å². The molecule has 0 unspecified atom stereocenters. The molecular weight excluding hydrogens is 406 g/mol. The molecule has 2 aromatic rings. The van der Waals surface area contributed by atoms with Gasteiger partial charge in [0.1, 0.15) is 6.04 Å². The van der Waals surface area contributed by atoms with Crippen molar-refractivity contribution in [3.63, 3.8) is 0 Å². The normalized spacial score (nSPS) is 15.0. The summed E-state index contributed by atoms with van der Waals surface area (Å²) in [6.45, 7) is 1.71. The number of para-hydroxylation sites is 1. The fourth-order valence-corrected chi connectivity index (χ4v) is 3.79. The summed E-state index contributed by atoms with van der Waals surface area (Å²) >= 11 is 3.44. The summed E-state index contributed by atoms with van der Waals surface area (Å²) in [6.07, 6.45) is 2.08. The Morgan fingerprint density at radius 3 is 2.37 bits per heavy atom. The zero-order valence-electron chi connectivity index (χ0n) is 15.4. The van der Waals surface area contributed by atoms with E-state index in [0.29, 0.717) is 0 Å². The van der Waals surface area contributed by atoms with Crippen molar-refractivity contribution < 1.29 is 9.59 Å². The molecule has 0 spiro atoms. The second-order valence-corrected chi connectivity index (χ2v) is 7.64. The van der Waals surface area contributed by atoms with Crippen molar-refractivity contribution in [2.24, 2.45) is 0 Å². The predicted molar refractivity (Wildman–Crippen MR) is 110 cm³/mol. The molecule has 1 fully saturated rings. The van der Waals surface area contributed by atoms with Gasteiger partial charge in [0.05, 0.1) is 12.2 Å². The average molecular weight is 430 g/mol. The zero-order chi connectivity index (χ0) is 19.2. The second-order valence-electron chi connectivity index (χ2n) is 6.79. The number of halogens is 1. The Morgan fingerprint density at radius 2 is 1.70 bits per heavy atom. The van der Waals surface area contributed by atoms with Gasteiger partial charge in [-0.2, -0.15) is 0 Å². The summed E-state index contributed by atoms with van der Waals surface area (Å²) in [5, 5.41) is 2.90. The lowest BCUT2D eigenvalue weighted by molar-refractivity contribution is -0.136. The molecule has 27 heavy (non-hydrogen) atoms. The highest BCUT2D eigenvalue weighted by Gasteiger charge is 2.31. The summed E-state index contributed by atoms with van der Waals surface area (Å²) < 4.78 is 0.828. The molecule has 142 valence electrons. The Bertz CT molecular complexity index is 791. The van der Waals surface area contributed by atoms with Crippen LogP contribution in [0.1, 0.15) is 24.4 Å². The summed E-state index contributed by atoms with van der Waals surface area (Å²) in [6, 6.07) is 16.7. The fourth-order valence-electron chi connectivity index (χ4n) is 3.40. The van der Waals surface area contributed by atoms with Crippen molar-refractivity contribution >= 4 is 33.4 Å². The second kappa shape index (κ2) is 9.15. The molecule has 1 heterocycles. The number of carbonyl (C=O) groups is 2. The van der Waals surface area contributed by atoms with Crippen LogP contribution in [0.5, 0.6) is 0 Å². The van der Waals surface area contributed by atoms with Gasteiger partial charge in [-0.25, -0.2) is 0 Å². The van der Waals surface area contributed by atoms with E-state index in [1.807, 2.05) is 71.4 Å². The van der Waals surface area contributed by atoms with E-state index >= 15 is 0 Å². The number of nitrogens with zero attached hydrogens (tertiary/aromatic N) is 2. The molecule has 1 aliphatic heterocycles. The molecule has 0 saturated carbocycles. The van der Waals surface area contributed by atoms with Crippen LogP contribution in [-0.4, -0.2) is 48.3 Å². The molecule has 0 aliphatic carbocycles. The lowest BCUT2D eigenvalue weighted by Gasteiger charge is -2.30.